The third kappa shape index (κ3) is 100. The van der Waals surface area contributed by atoms with Gasteiger partial charge in [-0.1, -0.05) is 53.9 Å². The first-order chi connectivity index (χ1) is 4.15. The van der Waals surface area contributed by atoms with Crippen LogP contribution >= 0.6 is 0 Å². The third-order valence-electron chi connectivity index (χ3n) is 0.707. The summed E-state index contributed by atoms with van der Waals surface area (Å²) in [6, 6.07) is 0. The Balaban J connectivity index is -0.0000000910. The van der Waals surface area contributed by atoms with Gasteiger partial charge in [0.1, 0.15) is 0 Å². The minimum Gasteiger partial charge on any atom is -0.412 e. The summed E-state index contributed by atoms with van der Waals surface area (Å²) in [7, 11) is 0. The van der Waals surface area contributed by atoms with Crippen molar-refractivity contribution in [2.24, 2.45) is 5.92 Å². The van der Waals surface area contributed by atoms with Gasteiger partial charge in [-0.3, -0.25) is 0 Å². The van der Waals surface area contributed by atoms with Crippen molar-refractivity contribution < 1.29 is 5.48 Å². The van der Waals surface area contributed by atoms with Gasteiger partial charge in [0.15, 0.2) is 0 Å². The fourth-order valence-electron chi connectivity index (χ4n) is 0.354. The van der Waals surface area contributed by atoms with Crippen molar-refractivity contribution in [2.45, 2.75) is 53.9 Å². The zero-order valence-electron chi connectivity index (χ0n) is 8.20. The van der Waals surface area contributed by atoms with Crippen LogP contribution in [-0.2, 0) is 0 Å². The van der Waals surface area contributed by atoms with Gasteiger partial charge in [0.05, 0.1) is 0 Å². The van der Waals surface area contributed by atoms with Crippen molar-refractivity contribution >= 4 is 0 Å². The summed E-state index contributed by atoms with van der Waals surface area (Å²) in [6.07, 6.45) is 4.08. The molecule has 0 unspecified atom stereocenters. The Bertz CT molecular complexity index is 29.0. The van der Waals surface area contributed by atoms with E-state index < -0.39 is 0 Å². The Morgan fingerprint density at radius 3 is 1.10 bits per heavy atom. The van der Waals surface area contributed by atoms with Crippen molar-refractivity contribution in [3.8, 4) is 0 Å². The fourth-order valence-corrected chi connectivity index (χ4v) is 0.354. The monoisotopic (exact) mass is 148 g/mol. The predicted molar refractivity (Wildman–Crippen MR) is 49.3 cm³/mol. The average molecular weight is 148 g/mol. The van der Waals surface area contributed by atoms with E-state index in [2.05, 4.69) is 34.6 Å². The standard InChI is InChI=1S/C5H12.C4H10.H2O/c1-3-5-4-2;1-4(2)3;/h3-5H2,1-2H3;4H,1-3H3;1H2. The maximum absolute atomic E-state index is 2.21. The molecule has 0 saturated heterocycles. The van der Waals surface area contributed by atoms with Crippen LogP contribution in [0.1, 0.15) is 53.9 Å². The Morgan fingerprint density at radius 1 is 0.900 bits per heavy atom. The van der Waals surface area contributed by atoms with Crippen LogP contribution in [0.3, 0.4) is 0 Å². The van der Waals surface area contributed by atoms with Gasteiger partial charge in [0.25, 0.3) is 0 Å². The summed E-state index contributed by atoms with van der Waals surface area (Å²) in [6.45, 7) is 10.9. The molecule has 0 spiro atoms. The van der Waals surface area contributed by atoms with Crippen LogP contribution < -0.4 is 0 Å². The molecule has 10 heavy (non-hydrogen) atoms. The Hall–Kier alpha value is -0.0400. The molecule has 0 fully saturated rings. The lowest BCUT2D eigenvalue weighted by Crippen LogP contribution is -1.66. The molecule has 0 radical (unpaired) electrons. The van der Waals surface area contributed by atoms with Crippen LogP contribution in [0.5, 0.6) is 0 Å². The predicted octanol–water partition coefficient (Wildman–Crippen LogP) is 3.03. The number of hydrogen-bond acceptors (Lipinski definition) is 0. The zero-order chi connectivity index (χ0) is 7.70. The molecule has 0 aliphatic rings. The molecular formula is C9H24O. The SMILES string of the molecule is CC(C)C.CCCCC.O. The Kier molecular flexibility index (Phi) is 26.4. The zero-order valence-corrected chi connectivity index (χ0v) is 8.20. The molecule has 1 heteroatoms. The molecule has 0 aliphatic heterocycles. The highest BCUT2D eigenvalue weighted by Crippen LogP contribution is 1.88. The normalized spacial score (nSPS) is 7.80. The number of rotatable bonds is 2. The molecule has 1 nitrogen and oxygen atoms in total. The van der Waals surface area contributed by atoms with Gasteiger partial charge in [0.2, 0.25) is 0 Å². The van der Waals surface area contributed by atoms with E-state index in [9.17, 15) is 0 Å². The quantitative estimate of drug-likeness (QED) is 0.576. The molecule has 0 atom stereocenters. The fraction of sp³-hybridized carbons (Fsp3) is 1.00. The van der Waals surface area contributed by atoms with Crippen molar-refractivity contribution in [1.29, 1.82) is 0 Å². The van der Waals surface area contributed by atoms with E-state index in [0.29, 0.717) is 0 Å². The van der Waals surface area contributed by atoms with Crippen LogP contribution in [-0.4, -0.2) is 5.48 Å². The first-order valence-corrected chi connectivity index (χ1v) is 4.15. The van der Waals surface area contributed by atoms with Crippen molar-refractivity contribution in [3.63, 3.8) is 0 Å². The molecule has 66 valence electrons. The maximum Gasteiger partial charge on any atom is -0.0500 e. The third-order valence-corrected chi connectivity index (χ3v) is 0.707. The molecule has 0 aliphatic carbocycles. The molecule has 0 amide bonds. The molecule has 0 aromatic carbocycles. The van der Waals surface area contributed by atoms with E-state index in [1.54, 1.807) is 0 Å². The molecule has 0 aromatic rings. The Labute approximate surface area is 66.1 Å². The summed E-state index contributed by atoms with van der Waals surface area (Å²) < 4.78 is 0. The highest BCUT2D eigenvalue weighted by molar-refractivity contribution is 4.24. The van der Waals surface area contributed by atoms with Gasteiger partial charge in [0, 0.05) is 0 Å². The second-order valence-electron chi connectivity index (χ2n) is 3.09. The lowest BCUT2D eigenvalue weighted by Gasteiger charge is -1.79. The molecule has 0 bridgehead atoms. The molecule has 0 aromatic heterocycles. The van der Waals surface area contributed by atoms with Crippen LogP contribution in [0.2, 0.25) is 0 Å². The second kappa shape index (κ2) is 16.0. The highest BCUT2D eigenvalue weighted by Gasteiger charge is 1.68. The molecular weight excluding hydrogens is 124 g/mol. The molecule has 0 heterocycles. The van der Waals surface area contributed by atoms with Gasteiger partial charge in [-0.15, -0.1) is 0 Å². The highest BCUT2D eigenvalue weighted by atomic mass is 16.0. The minimum absolute atomic E-state index is 0. The average Bonchev–Trinajstić information content (AvgIpc) is 1.66. The van der Waals surface area contributed by atoms with Crippen LogP contribution in [0.15, 0.2) is 0 Å². The number of unbranched alkanes of at least 4 members (excludes halogenated alkanes) is 2. The van der Waals surface area contributed by atoms with Gasteiger partial charge >= 0.3 is 0 Å². The molecule has 0 saturated carbocycles. The van der Waals surface area contributed by atoms with Gasteiger partial charge in [-0.2, -0.15) is 0 Å². The van der Waals surface area contributed by atoms with E-state index in [1.807, 2.05) is 0 Å². The molecule has 2 N–H and O–H groups in total. The number of hydrogen-bond donors (Lipinski definition) is 0. The summed E-state index contributed by atoms with van der Waals surface area (Å²) in [5, 5.41) is 0. The maximum atomic E-state index is 2.21. The van der Waals surface area contributed by atoms with E-state index >= 15 is 0 Å². The lowest BCUT2D eigenvalue weighted by molar-refractivity contribution is 0.737. The smallest absolute Gasteiger partial charge is 0.0500 e. The largest absolute Gasteiger partial charge is 0.412 e. The summed E-state index contributed by atoms with van der Waals surface area (Å²) in [5.74, 6) is 0.833. The Morgan fingerprint density at radius 2 is 1.10 bits per heavy atom. The van der Waals surface area contributed by atoms with Crippen molar-refractivity contribution in [2.75, 3.05) is 0 Å². The summed E-state index contributed by atoms with van der Waals surface area (Å²) >= 11 is 0. The van der Waals surface area contributed by atoms with Crippen LogP contribution in [0.25, 0.3) is 0 Å². The minimum atomic E-state index is 0. The van der Waals surface area contributed by atoms with Gasteiger partial charge in [-0.25, -0.2) is 0 Å². The summed E-state index contributed by atoms with van der Waals surface area (Å²) in [4.78, 5) is 0. The van der Waals surface area contributed by atoms with E-state index in [4.69, 9.17) is 0 Å². The summed E-state index contributed by atoms with van der Waals surface area (Å²) in [5.41, 5.74) is 0. The molecule has 0 rings (SSSR count). The second-order valence-corrected chi connectivity index (χ2v) is 3.09. The van der Waals surface area contributed by atoms with Crippen LogP contribution in [0.4, 0.5) is 0 Å². The first-order valence-electron chi connectivity index (χ1n) is 4.15. The van der Waals surface area contributed by atoms with Crippen molar-refractivity contribution in [1.82, 2.24) is 0 Å². The van der Waals surface area contributed by atoms with E-state index in [1.165, 1.54) is 19.3 Å². The lowest BCUT2D eigenvalue weighted by atomic mass is 10.3. The topological polar surface area (TPSA) is 31.5 Å². The van der Waals surface area contributed by atoms with Gasteiger partial charge < -0.3 is 5.48 Å². The van der Waals surface area contributed by atoms with Gasteiger partial charge in [-0.05, 0) is 5.92 Å². The first kappa shape index (κ1) is 16.5. The van der Waals surface area contributed by atoms with Crippen LogP contribution in [0, 0.1) is 5.92 Å². The van der Waals surface area contributed by atoms with E-state index in [-0.39, 0.29) is 5.48 Å². The van der Waals surface area contributed by atoms with Crippen molar-refractivity contribution in [3.05, 3.63) is 0 Å². The van der Waals surface area contributed by atoms with E-state index in [0.717, 1.165) is 5.92 Å².